The lowest BCUT2D eigenvalue weighted by Crippen LogP contribution is -2.15. The molecule has 0 unspecified atom stereocenters. The minimum absolute atomic E-state index is 0.208. The molecule has 1 atom stereocenters. The van der Waals surface area contributed by atoms with E-state index in [4.69, 9.17) is 5.26 Å². The molecule has 2 N–H and O–H groups in total. The van der Waals surface area contributed by atoms with Crippen LogP contribution in [0.5, 0.6) is 0 Å². The Hall–Kier alpha value is -4.55. The van der Waals surface area contributed by atoms with Crippen molar-refractivity contribution in [1.82, 2.24) is 29.1 Å². The average Bonchev–Trinajstić information content (AvgIpc) is 3.44. The number of rotatable bonds is 3. The van der Waals surface area contributed by atoms with Crippen molar-refractivity contribution < 1.29 is 5.11 Å². The summed E-state index contributed by atoms with van der Waals surface area (Å²) in [6.45, 7) is 4.02. The van der Waals surface area contributed by atoms with E-state index in [0.29, 0.717) is 29.2 Å². The van der Waals surface area contributed by atoms with Crippen molar-refractivity contribution in [2.45, 2.75) is 31.9 Å². The number of aliphatic hydroxyl groups excluding tert-OH is 1. The molecule has 6 rings (SSSR count). The van der Waals surface area contributed by atoms with Crippen LogP contribution in [0.4, 0.5) is 0 Å². The smallest absolute Gasteiger partial charge is 0.328 e. The molecule has 1 aliphatic rings. The van der Waals surface area contributed by atoms with Crippen molar-refractivity contribution in [3.05, 3.63) is 94.8 Å². The first kappa shape index (κ1) is 22.3. The number of hydrogen-bond acceptors (Lipinski definition) is 6. The van der Waals surface area contributed by atoms with E-state index in [1.54, 1.807) is 41.4 Å². The fraction of sp³-hybridized carbons (Fsp3) is 0.192. The lowest BCUT2D eigenvalue weighted by Gasteiger charge is -2.20. The minimum Gasteiger partial charge on any atom is -0.388 e. The van der Waals surface area contributed by atoms with Crippen LogP contribution in [0.1, 0.15) is 35.6 Å². The Labute approximate surface area is 200 Å². The standard InChI is InChI=1S/C16H11N7O.C10H12O/c1-2-5-22-13-8-18-15(20-14(13)21-16(22)24)23-9-19-11-4-3-10(7-17)6-12(11)23;11-10-7-3-5-8-4-1-2-6-9(8)10/h2-4,6,8-9H,1,5H2,(H,18,20,21,24);1-2,4,6,10-11H,3,5,7H2/t;10-/m.1/s1. The minimum atomic E-state index is -0.265. The maximum Gasteiger partial charge on any atom is 0.328 e. The zero-order chi connectivity index (χ0) is 24.4. The van der Waals surface area contributed by atoms with Gasteiger partial charge in [-0.15, -0.1) is 6.58 Å². The van der Waals surface area contributed by atoms with Gasteiger partial charge >= 0.3 is 5.69 Å². The fourth-order valence-corrected chi connectivity index (χ4v) is 4.33. The second kappa shape index (κ2) is 9.37. The lowest BCUT2D eigenvalue weighted by molar-refractivity contribution is 0.156. The number of H-pyrrole nitrogens is 1. The van der Waals surface area contributed by atoms with Crippen LogP contribution >= 0.6 is 0 Å². The van der Waals surface area contributed by atoms with Crippen molar-refractivity contribution in [3.63, 3.8) is 0 Å². The summed E-state index contributed by atoms with van der Waals surface area (Å²) in [6.07, 6.45) is 7.78. The maximum absolute atomic E-state index is 12.0. The van der Waals surface area contributed by atoms with Crippen LogP contribution in [0.25, 0.3) is 28.1 Å². The van der Waals surface area contributed by atoms with E-state index < -0.39 is 0 Å². The highest BCUT2D eigenvalue weighted by atomic mass is 16.3. The van der Waals surface area contributed by atoms with Crippen LogP contribution in [-0.2, 0) is 13.0 Å². The van der Waals surface area contributed by atoms with Crippen molar-refractivity contribution in [2.75, 3.05) is 0 Å². The van der Waals surface area contributed by atoms with Crippen LogP contribution in [0.3, 0.4) is 0 Å². The van der Waals surface area contributed by atoms with Crippen LogP contribution in [0.2, 0.25) is 0 Å². The van der Waals surface area contributed by atoms with Crippen molar-refractivity contribution in [1.29, 1.82) is 5.26 Å². The molecular formula is C26H23N7O2. The number of aromatic nitrogens is 6. The number of aryl methyl sites for hydroxylation is 1. The zero-order valence-corrected chi connectivity index (χ0v) is 18.9. The number of imidazole rings is 2. The number of fused-ring (bicyclic) bond motifs is 3. The van der Waals surface area contributed by atoms with Gasteiger partial charge in [-0.05, 0) is 48.6 Å². The van der Waals surface area contributed by atoms with Gasteiger partial charge in [0.05, 0.1) is 35.0 Å². The molecule has 174 valence electrons. The third-order valence-corrected chi connectivity index (χ3v) is 6.06. The van der Waals surface area contributed by atoms with Crippen LogP contribution in [0, 0.1) is 11.3 Å². The largest absolute Gasteiger partial charge is 0.388 e. The van der Waals surface area contributed by atoms with Crippen molar-refractivity contribution in [2.24, 2.45) is 0 Å². The molecule has 35 heavy (non-hydrogen) atoms. The van der Waals surface area contributed by atoms with Crippen molar-refractivity contribution in [3.8, 4) is 12.0 Å². The van der Waals surface area contributed by atoms with E-state index in [9.17, 15) is 9.90 Å². The molecule has 0 fully saturated rings. The Kier molecular flexibility index (Phi) is 5.95. The summed E-state index contributed by atoms with van der Waals surface area (Å²) in [5, 5.41) is 18.6. The number of aromatic amines is 1. The van der Waals surface area contributed by atoms with Gasteiger partial charge in [0.25, 0.3) is 0 Å². The Bertz CT molecular complexity index is 1640. The number of nitriles is 1. The highest BCUT2D eigenvalue weighted by molar-refractivity contribution is 5.79. The number of aliphatic hydroxyl groups is 1. The predicted molar refractivity (Wildman–Crippen MR) is 132 cm³/mol. The number of allylic oxidation sites excluding steroid dienone is 1. The highest BCUT2D eigenvalue weighted by Crippen LogP contribution is 2.28. The molecule has 5 aromatic rings. The van der Waals surface area contributed by atoms with E-state index >= 15 is 0 Å². The van der Waals surface area contributed by atoms with Gasteiger partial charge in [0.2, 0.25) is 5.95 Å². The van der Waals surface area contributed by atoms with Gasteiger partial charge in [0.1, 0.15) is 11.8 Å². The highest BCUT2D eigenvalue weighted by Gasteiger charge is 2.16. The molecule has 0 aliphatic heterocycles. The first-order valence-electron chi connectivity index (χ1n) is 11.3. The van der Waals surface area contributed by atoms with Crippen LogP contribution in [-0.4, -0.2) is 34.2 Å². The summed E-state index contributed by atoms with van der Waals surface area (Å²) in [6, 6.07) is 15.5. The van der Waals surface area contributed by atoms with Gasteiger partial charge in [-0.2, -0.15) is 10.2 Å². The third kappa shape index (κ3) is 4.23. The van der Waals surface area contributed by atoms with E-state index in [1.165, 1.54) is 10.1 Å². The molecular weight excluding hydrogens is 442 g/mol. The average molecular weight is 466 g/mol. The van der Waals surface area contributed by atoms with Gasteiger partial charge in [0.15, 0.2) is 5.65 Å². The molecule has 0 radical (unpaired) electrons. The molecule has 0 bridgehead atoms. The molecule has 0 spiro atoms. The molecule has 0 amide bonds. The monoisotopic (exact) mass is 465 g/mol. The van der Waals surface area contributed by atoms with E-state index in [0.717, 1.165) is 35.9 Å². The fourth-order valence-electron chi connectivity index (χ4n) is 4.33. The number of nitrogens with zero attached hydrogens (tertiary/aromatic N) is 6. The molecule has 1 aliphatic carbocycles. The summed E-state index contributed by atoms with van der Waals surface area (Å²) in [4.78, 5) is 27.7. The zero-order valence-electron chi connectivity index (χ0n) is 18.9. The Morgan fingerprint density at radius 3 is 2.89 bits per heavy atom. The first-order chi connectivity index (χ1) is 17.1. The van der Waals surface area contributed by atoms with Gasteiger partial charge in [-0.25, -0.2) is 14.8 Å². The molecule has 0 saturated heterocycles. The lowest BCUT2D eigenvalue weighted by atomic mass is 9.90. The van der Waals surface area contributed by atoms with Gasteiger partial charge in [-0.3, -0.25) is 14.1 Å². The molecule has 9 nitrogen and oxygen atoms in total. The number of hydrogen-bond donors (Lipinski definition) is 2. The van der Waals surface area contributed by atoms with E-state index in [1.807, 2.05) is 18.2 Å². The van der Waals surface area contributed by atoms with Gasteiger partial charge in [-0.1, -0.05) is 30.3 Å². The van der Waals surface area contributed by atoms with Crippen LogP contribution in [0.15, 0.2) is 72.4 Å². The third-order valence-electron chi connectivity index (χ3n) is 6.06. The predicted octanol–water partition coefficient (Wildman–Crippen LogP) is 3.57. The second-order valence-electron chi connectivity index (χ2n) is 8.27. The maximum atomic E-state index is 12.0. The molecule has 2 aromatic carbocycles. The van der Waals surface area contributed by atoms with E-state index in [2.05, 4.69) is 38.7 Å². The Morgan fingerprint density at radius 2 is 2.09 bits per heavy atom. The normalized spacial score (nSPS) is 14.7. The van der Waals surface area contributed by atoms with E-state index in [-0.39, 0.29) is 11.8 Å². The molecule has 0 saturated carbocycles. The van der Waals surface area contributed by atoms with Gasteiger partial charge < -0.3 is 5.11 Å². The number of nitrogens with one attached hydrogen (secondary N) is 1. The topological polar surface area (TPSA) is 125 Å². The summed E-state index contributed by atoms with van der Waals surface area (Å²) in [5.74, 6) is 0.368. The number of benzene rings is 2. The summed E-state index contributed by atoms with van der Waals surface area (Å²) < 4.78 is 3.19. The van der Waals surface area contributed by atoms with Crippen LogP contribution < -0.4 is 5.69 Å². The van der Waals surface area contributed by atoms with Crippen molar-refractivity contribution >= 4 is 22.2 Å². The quantitative estimate of drug-likeness (QED) is 0.392. The second-order valence-corrected chi connectivity index (χ2v) is 8.27. The Balaban J connectivity index is 0.000000192. The molecule has 3 heterocycles. The summed E-state index contributed by atoms with van der Waals surface area (Å²) in [7, 11) is 0. The summed E-state index contributed by atoms with van der Waals surface area (Å²) >= 11 is 0. The summed E-state index contributed by atoms with van der Waals surface area (Å²) in [5.41, 5.74) is 5.21. The van der Waals surface area contributed by atoms with Gasteiger partial charge in [0, 0.05) is 6.54 Å². The first-order valence-corrected chi connectivity index (χ1v) is 11.3. The molecule has 9 heteroatoms. The molecule has 3 aromatic heterocycles. The Morgan fingerprint density at radius 1 is 1.23 bits per heavy atom. The SMILES string of the molecule is C=CCn1c(=O)[nH]c2nc(-n3cnc4ccc(C#N)cc43)ncc21.O[C@@H]1CCCc2ccccc21.